The van der Waals surface area contributed by atoms with E-state index in [1.165, 1.54) is 11.8 Å². The standard InChI is InChI=1S/C27H28Cl2N6OS2/c28-22-5-4-18(12-23(22)29)15-35-10-6-20(7-11-35)33-26(36)17-38-27-34-24(16-37-27)19-2-1-3-21(13-19)32-14-25-30-8-9-31-25/h1-5,8-9,12-13,16,20,32H,6-7,10-11,14-15,17H2,(H,30,31)(H,33,36). The minimum absolute atomic E-state index is 0.0545. The number of H-pyrrole nitrogens is 1. The molecular weight excluding hydrogens is 559 g/mol. The number of thiazole rings is 1. The number of imidazole rings is 1. The van der Waals surface area contributed by atoms with Crippen LogP contribution in [0.5, 0.6) is 0 Å². The molecule has 198 valence electrons. The first kappa shape index (κ1) is 27.0. The summed E-state index contributed by atoms with van der Waals surface area (Å²) in [5.74, 6) is 1.30. The van der Waals surface area contributed by atoms with Gasteiger partial charge in [-0.15, -0.1) is 11.3 Å². The van der Waals surface area contributed by atoms with E-state index < -0.39 is 0 Å². The number of amides is 1. The number of rotatable bonds is 10. The van der Waals surface area contributed by atoms with Crippen molar-refractivity contribution in [1.29, 1.82) is 0 Å². The van der Waals surface area contributed by atoms with Crippen molar-refractivity contribution >= 4 is 57.9 Å². The van der Waals surface area contributed by atoms with Gasteiger partial charge in [0.15, 0.2) is 4.34 Å². The van der Waals surface area contributed by atoms with Crippen molar-refractivity contribution in [1.82, 2.24) is 25.2 Å². The highest BCUT2D eigenvalue weighted by Gasteiger charge is 2.21. The van der Waals surface area contributed by atoms with Gasteiger partial charge in [0.1, 0.15) is 5.82 Å². The maximum atomic E-state index is 12.6. The first-order chi connectivity index (χ1) is 18.5. The van der Waals surface area contributed by atoms with Gasteiger partial charge in [-0.3, -0.25) is 9.69 Å². The third kappa shape index (κ3) is 7.51. The van der Waals surface area contributed by atoms with Crippen molar-refractivity contribution in [3.63, 3.8) is 0 Å². The second-order valence-corrected chi connectivity index (χ2v) is 12.0. The van der Waals surface area contributed by atoms with Gasteiger partial charge in [-0.2, -0.15) is 0 Å². The molecule has 3 N–H and O–H groups in total. The fourth-order valence-electron chi connectivity index (χ4n) is 4.35. The summed E-state index contributed by atoms with van der Waals surface area (Å²) in [7, 11) is 0. The van der Waals surface area contributed by atoms with Crippen molar-refractivity contribution in [2.45, 2.75) is 36.3 Å². The van der Waals surface area contributed by atoms with Crippen LogP contribution in [-0.4, -0.2) is 50.6 Å². The highest BCUT2D eigenvalue weighted by Crippen LogP contribution is 2.30. The SMILES string of the molecule is O=C(CSc1nc(-c2cccc(NCc3ncc[nH]3)c2)cs1)NC1CCN(Cc2ccc(Cl)c(Cl)c2)CC1. The Labute approximate surface area is 240 Å². The topological polar surface area (TPSA) is 85.9 Å². The molecule has 1 amide bonds. The number of thioether (sulfide) groups is 1. The Kier molecular flexibility index (Phi) is 9.24. The van der Waals surface area contributed by atoms with Crippen LogP contribution >= 0.6 is 46.3 Å². The van der Waals surface area contributed by atoms with Crippen LogP contribution in [0.4, 0.5) is 5.69 Å². The molecule has 1 saturated heterocycles. The number of carbonyl (C=O) groups is 1. The summed E-state index contributed by atoms with van der Waals surface area (Å²) >= 11 is 15.2. The Morgan fingerprint density at radius 2 is 2.03 bits per heavy atom. The van der Waals surface area contributed by atoms with E-state index in [4.69, 9.17) is 28.2 Å². The Balaban J connectivity index is 1.05. The van der Waals surface area contributed by atoms with Gasteiger partial charge >= 0.3 is 0 Å². The zero-order valence-corrected chi connectivity index (χ0v) is 23.8. The molecular formula is C27H28Cl2N6OS2. The van der Waals surface area contributed by atoms with Gasteiger partial charge in [-0.25, -0.2) is 9.97 Å². The first-order valence-corrected chi connectivity index (χ1v) is 15.0. The number of hydrogen-bond acceptors (Lipinski definition) is 7. The number of aromatic amines is 1. The number of carbonyl (C=O) groups excluding carboxylic acids is 1. The average molecular weight is 588 g/mol. The summed E-state index contributed by atoms with van der Waals surface area (Å²) in [5.41, 5.74) is 4.10. The first-order valence-electron chi connectivity index (χ1n) is 12.4. The number of benzene rings is 2. The predicted octanol–water partition coefficient (Wildman–Crippen LogP) is 6.33. The molecule has 4 aromatic rings. The summed E-state index contributed by atoms with van der Waals surface area (Å²) < 4.78 is 0.889. The maximum absolute atomic E-state index is 12.6. The molecule has 5 rings (SSSR count). The number of piperidine rings is 1. The molecule has 0 atom stereocenters. The molecule has 1 fully saturated rings. The van der Waals surface area contributed by atoms with Gasteiger partial charge in [0.2, 0.25) is 5.91 Å². The van der Waals surface area contributed by atoms with E-state index in [0.717, 1.165) is 65.1 Å². The number of aromatic nitrogens is 3. The predicted molar refractivity (Wildman–Crippen MR) is 157 cm³/mol. The van der Waals surface area contributed by atoms with Crippen LogP contribution in [0.1, 0.15) is 24.2 Å². The molecule has 0 spiro atoms. The number of hydrogen-bond donors (Lipinski definition) is 3. The molecule has 11 heteroatoms. The lowest BCUT2D eigenvalue weighted by Crippen LogP contribution is -2.44. The Morgan fingerprint density at radius 3 is 2.82 bits per heavy atom. The van der Waals surface area contributed by atoms with Crippen LogP contribution in [0, 0.1) is 0 Å². The molecule has 0 bridgehead atoms. The van der Waals surface area contributed by atoms with Gasteiger partial charge in [-0.1, -0.05) is 53.2 Å². The number of halogens is 2. The number of nitrogens with one attached hydrogen (secondary N) is 3. The van der Waals surface area contributed by atoms with Crippen LogP contribution in [0.3, 0.4) is 0 Å². The lowest BCUT2D eigenvalue weighted by Gasteiger charge is -2.32. The Bertz CT molecular complexity index is 1360. The molecule has 0 aliphatic carbocycles. The van der Waals surface area contributed by atoms with E-state index in [2.05, 4.69) is 31.6 Å². The lowest BCUT2D eigenvalue weighted by atomic mass is 10.0. The lowest BCUT2D eigenvalue weighted by molar-refractivity contribution is -0.119. The zero-order valence-electron chi connectivity index (χ0n) is 20.6. The molecule has 0 unspecified atom stereocenters. The number of anilines is 1. The van der Waals surface area contributed by atoms with Crippen LogP contribution in [0.25, 0.3) is 11.3 Å². The molecule has 1 aliphatic rings. The second kappa shape index (κ2) is 13.0. The summed E-state index contributed by atoms with van der Waals surface area (Å²) in [6.45, 7) is 3.33. The van der Waals surface area contributed by atoms with Crippen molar-refractivity contribution in [3.05, 3.63) is 81.7 Å². The van der Waals surface area contributed by atoms with Gasteiger partial charge in [0.25, 0.3) is 0 Å². The quantitative estimate of drug-likeness (QED) is 0.188. The van der Waals surface area contributed by atoms with E-state index in [0.29, 0.717) is 22.3 Å². The monoisotopic (exact) mass is 586 g/mol. The van der Waals surface area contributed by atoms with E-state index in [1.54, 1.807) is 17.5 Å². The highest BCUT2D eigenvalue weighted by atomic mass is 35.5. The molecule has 1 aliphatic heterocycles. The molecule has 3 heterocycles. The smallest absolute Gasteiger partial charge is 0.230 e. The normalized spacial score (nSPS) is 14.5. The minimum Gasteiger partial charge on any atom is -0.378 e. The van der Waals surface area contributed by atoms with E-state index in [1.807, 2.05) is 48.0 Å². The third-order valence-electron chi connectivity index (χ3n) is 6.33. The van der Waals surface area contributed by atoms with Gasteiger partial charge in [0.05, 0.1) is 28.0 Å². The van der Waals surface area contributed by atoms with Crippen LogP contribution in [0.15, 0.2) is 64.6 Å². The summed E-state index contributed by atoms with van der Waals surface area (Å²) in [4.78, 5) is 27.1. The fourth-order valence-corrected chi connectivity index (χ4v) is 6.32. The van der Waals surface area contributed by atoms with E-state index in [-0.39, 0.29) is 11.9 Å². The van der Waals surface area contributed by atoms with Crippen molar-refractivity contribution in [2.24, 2.45) is 0 Å². The van der Waals surface area contributed by atoms with Gasteiger partial charge in [0, 0.05) is 54.7 Å². The van der Waals surface area contributed by atoms with Crippen molar-refractivity contribution in [2.75, 3.05) is 24.2 Å². The van der Waals surface area contributed by atoms with Crippen LogP contribution in [-0.2, 0) is 17.9 Å². The highest BCUT2D eigenvalue weighted by molar-refractivity contribution is 8.01. The third-order valence-corrected chi connectivity index (χ3v) is 9.09. The molecule has 38 heavy (non-hydrogen) atoms. The van der Waals surface area contributed by atoms with Crippen molar-refractivity contribution < 1.29 is 4.79 Å². The van der Waals surface area contributed by atoms with Gasteiger partial charge < -0.3 is 15.6 Å². The second-order valence-electron chi connectivity index (χ2n) is 9.12. The maximum Gasteiger partial charge on any atom is 0.230 e. The fraction of sp³-hybridized carbons (Fsp3) is 0.296. The summed E-state index contributed by atoms with van der Waals surface area (Å²) in [6, 6.07) is 14.1. The van der Waals surface area contributed by atoms with Crippen LogP contribution < -0.4 is 10.6 Å². The largest absolute Gasteiger partial charge is 0.378 e. The molecule has 2 aromatic carbocycles. The molecule has 0 saturated carbocycles. The van der Waals surface area contributed by atoms with E-state index >= 15 is 0 Å². The van der Waals surface area contributed by atoms with Crippen molar-refractivity contribution in [3.8, 4) is 11.3 Å². The Morgan fingerprint density at radius 1 is 1.16 bits per heavy atom. The van der Waals surface area contributed by atoms with Gasteiger partial charge in [-0.05, 0) is 42.7 Å². The Hall–Kier alpha value is -2.56. The van der Waals surface area contributed by atoms with Crippen LogP contribution in [0.2, 0.25) is 10.0 Å². The van der Waals surface area contributed by atoms with E-state index in [9.17, 15) is 4.79 Å². The number of nitrogens with zero attached hydrogens (tertiary/aromatic N) is 3. The molecule has 0 radical (unpaired) electrons. The minimum atomic E-state index is 0.0545. The molecule has 2 aromatic heterocycles. The number of likely N-dealkylation sites (tertiary alicyclic amines) is 1. The average Bonchev–Trinajstić information content (AvgIpc) is 3.62. The zero-order chi connectivity index (χ0) is 26.3. The molecule has 7 nitrogen and oxygen atoms in total. The summed E-state index contributed by atoms with van der Waals surface area (Å²) in [6.07, 6.45) is 5.42. The summed E-state index contributed by atoms with van der Waals surface area (Å²) in [5, 5.41) is 9.77.